The maximum absolute atomic E-state index is 14.4. The Morgan fingerprint density at radius 1 is 1.26 bits per heavy atom. The lowest BCUT2D eigenvalue weighted by Crippen LogP contribution is -2.45. The molecule has 0 saturated carbocycles. The summed E-state index contributed by atoms with van der Waals surface area (Å²) < 4.78 is 68.6. The first-order valence-corrected chi connectivity index (χ1v) is 10.5. The predicted octanol–water partition coefficient (Wildman–Crippen LogP) is 2.85. The molecular formula is C21H22F5N5O3. The molecule has 0 radical (unpaired) electrons. The number of fused-ring (bicyclic) bond motifs is 3. The molecular weight excluding hydrogens is 465 g/mol. The Morgan fingerprint density at radius 2 is 1.97 bits per heavy atom. The van der Waals surface area contributed by atoms with Crippen LogP contribution in [0.2, 0.25) is 0 Å². The summed E-state index contributed by atoms with van der Waals surface area (Å²) in [5, 5.41) is 16.2. The lowest BCUT2D eigenvalue weighted by molar-refractivity contribution is -0.142. The summed E-state index contributed by atoms with van der Waals surface area (Å²) in [6, 6.07) is -0.224. The number of benzene rings is 1. The van der Waals surface area contributed by atoms with E-state index in [1.165, 1.54) is 14.5 Å². The van der Waals surface area contributed by atoms with E-state index in [-0.39, 0.29) is 37.1 Å². The second kappa shape index (κ2) is 8.53. The number of nitrogens with one attached hydrogen (secondary N) is 1. The van der Waals surface area contributed by atoms with Gasteiger partial charge in [0.05, 0.1) is 17.9 Å². The molecule has 8 nitrogen and oxygen atoms in total. The fourth-order valence-corrected chi connectivity index (χ4v) is 4.40. The average Bonchev–Trinajstić information content (AvgIpc) is 3.03. The quantitative estimate of drug-likeness (QED) is 0.638. The molecule has 2 unspecified atom stereocenters. The molecule has 184 valence electrons. The zero-order chi connectivity index (χ0) is 24.9. The van der Waals surface area contributed by atoms with Crippen LogP contribution in [0.3, 0.4) is 0 Å². The highest BCUT2D eigenvalue weighted by molar-refractivity contribution is 5.95. The van der Waals surface area contributed by atoms with E-state index < -0.39 is 41.1 Å². The third kappa shape index (κ3) is 4.08. The summed E-state index contributed by atoms with van der Waals surface area (Å²) >= 11 is 0. The van der Waals surface area contributed by atoms with E-state index in [2.05, 4.69) is 10.4 Å². The Balaban J connectivity index is 1.63. The number of amides is 3. The van der Waals surface area contributed by atoms with Crippen molar-refractivity contribution in [1.82, 2.24) is 19.6 Å². The molecule has 2 aliphatic heterocycles. The summed E-state index contributed by atoms with van der Waals surface area (Å²) in [5.41, 5.74) is -1.55. The van der Waals surface area contributed by atoms with Crippen molar-refractivity contribution in [2.24, 2.45) is 5.92 Å². The third-order valence-corrected chi connectivity index (χ3v) is 6.13. The topological polar surface area (TPSA) is 90.7 Å². The molecule has 2 atom stereocenters. The van der Waals surface area contributed by atoms with Crippen LogP contribution in [0.15, 0.2) is 12.1 Å². The van der Waals surface area contributed by atoms with Gasteiger partial charge in [-0.1, -0.05) is 0 Å². The van der Waals surface area contributed by atoms with Crippen LogP contribution in [0.25, 0.3) is 0 Å². The SMILES string of the molecule is CC1Cc2nn3c(c2CN1C(=O)Nc1ccc(F)c(C(F)(F)F)c1F)C(=O)N(C)CC(CO)C3. The minimum atomic E-state index is -5.28. The highest BCUT2D eigenvalue weighted by Gasteiger charge is 2.40. The van der Waals surface area contributed by atoms with E-state index >= 15 is 0 Å². The lowest BCUT2D eigenvalue weighted by Gasteiger charge is -2.33. The van der Waals surface area contributed by atoms with Gasteiger partial charge in [0.1, 0.15) is 17.1 Å². The normalized spacial score (nSPS) is 20.6. The van der Waals surface area contributed by atoms with Crippen molar-refractivity contribution in [1.29, 1.82) is 0 Å². The first-order chi connectivity index (χ1) is 15.9. The molecule has 2 N–H and O–H groups in total. The number of hydrogen-bond donors (Lipinski definition) is 2. The van der Waals surface area contributed by atoms with Gasteiger partial charge in [0.2, 0.25) is 0 Å². The Bertz CT molecular complexity index is 1150. The fourth-order valence-electron chi connectivity index (χ4n) is 4.40. The van der Waals surface area contributed by atoms with E-state index in [1.807, 2.05) is 0 Å². The van der Waals surface area contributed by atoms with Gasteiger partial charge in [0, 0.05) is 50.7 Å². The molecule has 0 aliphatic carbocycles. The first-order valence-electron chi connectivity index (χ1n) is 10.5. The van der Waals surface area contributed by atoms with Crippen LogP contribution in [0, 0.1) is 17.6 Å². The van der Waals surface area contributed by atoms with Crippen LogP contribution < -0.4 is 5.32 Å². The average molecular weight is 487 g/mol. The molecule has 34 heavy (non-hydrogen) atoms. The monoisotopic (exact) mass is 487 g/mol. The second-order valence-corrected chi connectivity index (χ2v) is 8.58. The summed E-state index contributed by atoms with van der Waals surface area (Å²) in [6.45, 7) is 2.07. The minimum Gasteiger partial charge on any atom is -0.396 e. The highest BCUT2D eigenvalue weighted by Crippen LogP contribution is 2.36. The highest BCUT2D eigenvalue weighted by atomic mass is 19.4. The Labute approximate surface area is 190 Å². The second-order valence-electron chi connectivity index (χ2n) is 8.58. The van der Waals surface area contributed by atoms with Gasteiger partial charge in [-0.25, -0.2) is 13.6 Å². The summed E-state index contributed by atoms with van der Waals surface area (Å²) in [4.78, 5) is 28.6. The van der Waals surface area contributed by atoms with E-state index in [1.54, 1.807) is 14.0 Å². The maximum atomic E-state index is 14.4. The number of anilines is 1. The largest absolute Gasteiger partial charge is 0.422 e. The number of aliphatic hydroxyl groups is 1. The molecule has 4 rings (SSSR count). The number of alkyl halides is 3. The van der Waals surface area contributed by atoms with Crippen molar-refractivity contribution in [2.75, 3.05) is 25.5 Å². The van der Waals surface area contributed by atoms with Crippen LogP contribution in [-0.2, 0) is 25.7 Å². The van der Waals surface area contributed by atoms with Crippen LogP contribution >= 0.6 is 0 Å². The number of urea groups is 1. The molecule has 1 aromatic heterocycles. The molecule has 1 aromatic carbocycles. The number of halogens is 5. The molecule has 3 amide bonds. The smallest absolute Gasteiger partial charge is 0.396 e. The van der Waals surface area contributed by atoms with Gasteiger partial charge in [0.25, 0.3) is 5.91 Å². The molecule has 3 heterocycles. The van der Waals surface area contributed by atoms with Crippen molar-refractivity contribution in [3.05, 3.63) is 46.3 Å². The van der Waals surface area contributed by atoms with E-state index in [0.29, 0.717) is 30.4 Å². The molecule has 2 aliphatic rings. The molecule has 0 fully saturated rings. The van der Waals surface area contributed by atoms with Crippen molar-refractivity contribution in [3.8, 4) is 0 Å². The molecule has 0 spiro atoms. The lowest BCUT2D eigenvalue weighted by atomic mass is 9.99. The van der Waals surface area contributed by atoms with Gasteiger partial charge in [-0.15, -0.1) is 0 Å². The Kier molecular flexibility index (Phi) is 6.00. The number of hydrogen-bond acceptors (Lipinski definition) is 4. The first kappa shape index (κ1) is 23.9. The minimum absolute atomic E-state index is 0.0873. The zero-order valence-corrected chi connectivity index (χ0v) is 18.3. The third-order valence-electron chi connectivity index (χ3n) is 6.13. The van der Waals surface area contributed by atoms with Gasteiger partial charge < -0.3 is 20.2 Å². The summed E-state index contributed by atoms with van der Waals surface area (Å²) in [5.74, 6) is -4.26. The Morgan fingerprint density at radius 3 is 2.62 bits per heavy atom. The fraction of sp³-hybridized carbons (Fsp3) is 0.476. The van der Waals surface area contributed by atoms with E-state index in [4.69, 9.17) is 0 Å². The number of rotatable bonds is 2. The van der Waals surface area contributed by atoms with Gasteiger partial charge in [-0.3, -0.25) is 9.48 Å². The molecule has 13 heteroatoms. The molecule has 0 bridgehead atoms. The van der Waals surface area contributed by atoms with Gasteiger partial charge >= 0.3 is 12.2 Å². The molecule has 2 aromatic rings. The maximum Gasteiger partial charge on any atom is 0.422 e. The van der Waals surface area contributed by atoms with Crippen LogP contribution in [0.1, 0.15) is 34.2 Å². The van der Waals surface area contributed by atoms with Gasteiger partial charge in [-0.05, 0) is 19.1 Å². The van der Waals surface area contributed by atoms with E-state index in [0.717, 1.165) is 6.07 Å². The van der Waals surface area contributed by atoms with Crippen molar-refractivity contribution < 1.29 is 36.6 Å². The number of nitrogens with zero attached hydrogens (tertiary/aromatic N) is 4. The van der Waals surface area contributed by atoms with Crippen LogP contribution in [0.4, 0.5) is 32.4 Å². The number of carbonyl (C=O) groups is 2. The van der Waals surface area contributed by atoms with Crippen molar-refractivity contribution in [2.45, 2.75) is 38.7 Å². The number of aromatic nitrogens is 2. The molecule has 0 saturated heterocycles. The van der Waals surface area contributed by atoms with Crippen LogP contribution in [0.5, 0.6) is 0 Å². The Hall–Kier alpha value is -3.22. The van der Waals surface area contributed by atoms with Crippen molar-refractivity contribution in [3.63, 3.8) is 0 Å². The van der Waals surface area contributed by atoms with Gasteiger partial charge in [-0.2, -0.15) is 18.3 Å². The zero-order valence-electron chi connectivity index (χ0n) is 18.3. The predicted molar refractivity (Wildman–Crippen MR) is 109 cm³/mol. The number of carbonyl (C=O) groups excluding carboxylic acids is 2. The number of aliphatic hydroxyl groups excluding tert-OH is 1. The summed E-state index contributed by atoms with van der Waals surface area (Å²) in [6.07, 6.45) is -5.03. The van der Waals surface area contributed by atoms with Crippen molar-refractivity contribution >= 4 is 17.6 Å². The van der Waals surface area contributed by atoms with Gasteiger partial charge in [0.15, 0.2) is 5.82 Å². The standard InChI is InChI=1S/C21H22F5N5O3/c1-10-5-15-12(18-19(33)29(2)6-11(9-32)7-31(18)28-15)8-30(10)20(34)27-14-4-3-13(22)16(17(14)23)21(24,25)26/h3-4,10-11,32H,5-9H2,1-2H3,(H,27,34). The van der Waals surface area contributed by atoms with E-state index in [9.17, 15) is 36.6 Å². The summed E-state index contributed by atoms with van der Waals surface area (Å²) in [7, 11) is 1.59. The van der Waals surface area contributed by atoms with Crippen LogP contribution in [-0.4, -0.2) is 62.9 Å².